The Hall–Kier alpha value is -4.04. The lowest BCUT2D eigenvalue weighted by molar-refractivity contribution is -0.136. The Morgan fingerprint density at radius 3 is 1.88 bits per heavy atom. The van der Waals surface area contributed by atoms with Gasteiger partial charge in [0.05, 0.1) is 10.7 Å². The first-order valence-corrected chi connectivity index (χ1v) is 18.9. The number of Topliss-reactive ketones (excluding diaryl/α,β-unsaturated/α-hetero) is 2. The number of fused-ring (bicyclic) bond motifs is 1. The van der Waals surface area contributed by atoms with Crippen molar-refractivity contribution in [3.8, 4) is 0 Å². The van der Waals surface area contributed by atoms with Crippen molar-refractivity contribution in [2.45, 2.75) is 131 Å². The molecule has 1 aliphatic rings. The first kappa shape index (κ1) is 41.4. The third-order valence-electron chi connectivity index (χ3n) is 9.08. The highest BCUT2D eigenvalue weighted by atomic mass is 35.5. The van der Waals surface area contributed by atoms with E-state index in [9.17, 15) is 19.2 Å². The maximum Gasteiger partial charge on any atom is 0.308 e. The molecule has 0 radical (unpaired) electrons. The number of nitrogens with zero attached hydrogens (tertiary/aromatic N) is 2. The number of nitrogens with one attached hydrogen (secondary N) is 1. The first-order valence-electron chi connectivity index (χ1n) is 18.5. The van der Waals surface area contributed by atoms with E-state index in [1.807, 2.05) is 19.1 Å². The summed E-state index contributed by atoms with van der Waals surface area (Å²) < 4.78 is 6.70. The molecule has 1 aromatic heterocycles. The van der Waals surface area contributed by atoms with Gasteiger partial charge in [0.25, 0.3) is 5.91 Å². The van der Waals surface area contributed by atoms with Crippen molar-refractivity contribution >= 4 is 35.0 Å². The first-order chi connectivity index (χ1) is 24.3. The number of hydrogen-bond donors (Lipinski definition) is 1. The number of rotatable bonds is 16. The molecule has 1 heterocycles. The summed E-state index contributed by atoms with van der Waals surface area (Å²) in [6, 6.07) is 15.0. The predicted molar refractivity (Wildman–Crippen MR) is 204 cm³/mol. The topological polar surface area (TPSA) is 107 Å². The summed E-state index contributed by atoms with van der Waals surface area (Å²) in [4.78, 5) is 49.4. The predicted octanol–water partition coefficient (Wildman–Crippen LogP) is 10.1. The minimum atomic E-state index is -0.573. The molecule has 0 unspecified atom stereocenters. The monoisotopic (exact) mass is 717 g/mol. The fourth-order valence-corrected chi connectivity index (χ4v) is 6.47. The smallest absolute Gasteiger partial charge is 0.308 e. The molecule has 0 aliphatic heterocycles. The molecular formula is C42H56ClN3O5. The highest BCUT2D eigenvalue weighted by molar-refractivity contribution is 6.34. The van der Waals surface area contributed by atoms with Crippen LogP contribution in [0.3, 0.4) is 0 Å². The number of hydrogen-bond acceptors (Lipinski definition) is 6. The zero-order valence-electron chi connectivity index (χ0n) is 31.6. The Bertz CT molecular complexity index is 1680. The van der Waals surface area contributed by atoms with Crippen molar-refractivity contribution < 1.29 is 23.9 Å². The maximum absolute atomic E-state index is 12.8. The van der Waals surface area contributed by atoms with Gasteiger partial charge < -0.3 is 10.1 Å². The van der Waals surface area contributed by atoms with Gasteiger partial charge in [0.2, 0.25) is 5.78 Å². The molecule has 1 aliphatic carbocycles. The second kappa shape index (κ2) is 20.1. The highest BCUT2D eigenvalue weighted by Crippen LogP contribution is 2.30. The normalized spacial score (nSPS) is 12.7. The number of aryl methyl sites for hydroxylation is 2. The number of esters is 1. The van der Waals surface area contributed by atoms with Crippen molar-refractivity contribution in [2.24, 2.45) is 7.05 Å². The number of carbonyl (C=O) groups excluding carboxylic acids is 4. The van der Waals surface area contributed by atoms with Gasteiger partial charge in [-0.1, -0.05) is 153 Å². The number of aromatic nitrogens is 2. The van der Waals surface area contributed by atoms with Crippen LogP contribution in [0.1, 0.15) is 160 Å². The summed E-state index contributed by atoms with van der Waals surface area (Å²) in [6.45, 7) is 12.5. The van der Waals surface area contributed by atoms with E-state index in [0.29, 0.717) is 46.8 Å². The SMILES string of the molecule is CCCCCCCCCCCCC1=C(OC(C)=O)C(=O)c2ccccc2C1=O.CCc1nn(C)c(C(=O)NCc2ccc(C(C)(C)C)cc2)c1Cl. The standard InChI is InChI=1S/C24H32O4.C18H24ClN3O/c1-3-4-5-6-7-8-9-10-11-12-17-21-22(26)19-15-13-14-16-20(19)23(27)24(21)28-18(2)25;1-6-14-15(19)16(22(5)21-14)17(23)20-11-12-7-9-13(10-8-12)18(2,3)4/h13-16H,3-12,17H2,1-2H3;7-10H,6,11H2,1-5H3,(H,20,23). The lowest BCUT2D eigenvalue weighted by atomic mass is 9.86. The van der Waals surface area contributed by atoms with Crippen LogP contribution in [0.4, 0.5) is 0 Å². The van der Waals surface area contributed by atoms with E-state index < -0.39 is 5.97 Å². The van der Waals surface area contributed by atoms with Crippen molar-refractivity contribution in [3.63, 3.8) is 0 Å². The number of ether oxygens (including phenoxy) is 1. The minimum absolute atomic E-state index is 0.0767. The maximum atomic E-state index is 12.8. The Kier molecular flexibility index (Phi) is 16.3. The van der Waals surface area contributed by atoms with E-state index >= 15 is 0 Å². The summed E-state index contributed by atoms with van der Waals surface area (Å²) in [5.74, 6) is -1.41. The Morgan fingerprint density at radius 1 is 0.824 bits per heavy atom. The summed E-state index contributed by atoms with van der Waals surface area (Å²) >= 11 is 6.23. The highest BCUT2D eigenvalue weighted by Gasteiger charge is 2.33. The van der Waals surface area contributed by atoms with Gasteiger partial charge in [0, 0.05) is 37.2 Å². The van der Waals surface area contributed by atoms with Crippen LogP contribution in [-0.2, 0) is 35.0 Å². The molecule has 2 aromatic carbocycles. The van der Waals surface area contributed by atoms with E-state index in [0.717, 1.165) is 30.5 Å². The van der Waals surface area contributed by atoms with Crippen molar-refractivity contribution in [1.82, 2.24) is 15.1 Å². The molecule has 0 saturated heterocycles. The second-order valence-electron chi connectivity index (χ2n) is 14.3. The molecule has 0 fully saturated rings. The number of ketones is 2. The lowest BCUT2D eigenvalue weighted by Gasteiger charge is -2.20. The molecule has 276 valence electrons. The zero-order valence-corrected chi connectivity index (χ0v) is 32.4. The molecule has 3 aromatic rings. The molecule has 1 amide bonds. The van der Waals surface area contributed by atoms with Gasteiger partial charge in [-0.25, -0.2) is 0 Å². The van der Waals surface area contributed by atoms with Crippen LogP contribution in [0, 0.1) is 0 Å². The second-order valence-corrected chi connectivity index (χ2v) is 14.6. The number of unbranched alkanes of at least 4 members (excludes halogenated alkanes) is 9. The van der Waals surface area contributed by atoms with Gasteiger partial charge in [0.1, 0.15) is 5.69 Å². The quantitative estimate of drug-likeness (QED) is 0.117. The van der Waals surface area contributed by atoms with E-state index in [1.54, 1.807) is 36.0 Å². The average Bonchev–Trinajstić information content (AvgIpc) is 3.40. The molecule has 51 heavy (non-hydrogen) atoms. The van der Waals surface area contributed by atoms with Gasteiger partial charge in [-0.2, -0.15) is 5.10 Å². The Morgan fingerprint density at radius 2 is 1.37 bits per heavy atom. The molecule has 1 N–H and O–H groups in total. The molecule has 0 saturated carbocycles. The van der Waals surface area contributed by atoms with Crippen LogP contribution in [0.5, 0.6) is 0 Å². The largest absolute Gasteiger partial charge is 0.422 e. The van der Waals surface area contributed by atoms with E-state index in [2.05, 4.69) is 50.2 Å². The van der Waals surface area contributed by atoms with Gasteiger partial charge >= 0.3 is 5.97 Å². The molecule has 9 heteroatoms. The fraction of sp³-hybridized carbons (Fsp3) is 0.500. The molecule has 0 bridgehead atoms. The van der Waals surface area contributed by atoms with E-state index in [1.165, 1.54) is 57.4 Å². The molecule has 0 atom stereocenters. The van der Waals surface area contributed by atoms with Crippen molar-refractivity contribution in [3.05, 3.63) is 98.5 Å². The third-order valence-corrected chi connectivity index (χ3v) is 9.47. The molecular weight excluding hydrogens is 662 g/mol. The van der Waals surface area contributed by atoms with Gasteiger partial charge in [0.15, 0.2) is 11.5 Å². The van der Waals surface area contributed by atoms with Gasteiger partial charge in [-0.05, 0) is 35.8 Å². The van der Waals surface area contributed by atoms with Crippen LogP contribution >= 0.6 is 11.6 Å². The fourth-order valence-electron chi connectivity index (χ4n) is 6.09. The average molecular weight is 718 g/mol. The van der Waals surface area contributed by atoms with Crippen LogP contribution in [0.25, 0.3) is 0 Å². The number of benzene rings is 2. The number of allylic oxidation sites excluding steroid dienone is 2. The van der Waals surface area contributed by atoms with E-state index in [4.69, 9.17) is 16.3 Å². The van der Waals surface area contributed by atoms with Crippen LogP contribution in [-0.4, -0.2) is 33.2 Å². The van der Waals surface area contributed by atoms with Crippen molar-refractivity contribution in [1.29, 1.82) is 0 Å². The van der Waals surface area contributed by atoms with Crippen LogP contribution < -0.4 is 5.32 Å². The Labute approximate surface area is 309 Å². The van der Waals surface area contributed by atoms with Crippen LogP contribution in [0.15, 0.2) is 59.9 Å². The zero-order chi connectivity index (χ0) is 37.6. The van der Waals surface area contributed by atoms with Crippen LogP contribution in [0.2, 0.25) is 5.02 Å². The summed E-state index contributed by atoms with van der Waals surface area (Å²) in [5, 5.41) is 7.62. The van der Waals surface area contributed by atoms with Crippen molar-refractivity contribution in [2.75, 3.05) is 0 Å². The summed E-state index contributed by atoms with van der Waals surface area (Å²) in [7, 11) is 1.73. The number of carbonyl (C=O) groups is 4. The minimum Gasteiger partial charge on any atom is -0.422 e. The lowest BCUT2D eigenvalue weighted by Crippen LogP contribution is -2.25. The molecule has 8 nitrogen and oxygen atoms in total. The third kappa shape index (κ3) is 12.0. The summed E-state index contributed by atoms with van der Waals surface area (Å²) in [6.07, 6.45) is 13.1. The number of amides is 1. The molecule has 4 rings (SSSR count). The Balaban J connectivity index is 0.000000281. The van der Waals surface area contributed by atoms with E-state index in [-0.39, 0.29) is 28.6 Å². The van der Waals surface area contributed by atoms with Gasteiger partial charge in [-0.3, -0.25) is 23.9 Å². The van der Waals surface area contributed by atoms with Gasteiger partial charge in [-0.15, -0.1) is 0 Å². The number of halogens is 1. The molecule has 0 spiro atoms. The summed E-state index contributed by atoms with van der Waals surface area (Å²) in [5.41, 5.74) is 4.68.